The van der Waals surface area contributed by atoms with Gasteiger partial charge in [-0.15, -0.1) is 5.10 Å². The molecule has 6 heteroatoms. The zero-order chi connectivity index (χ0) is 11.1. The van der Waals surface area contributed by atoms with Gasteiger partial charge in [0.1, 0.15) is 10.4 Å². The molecule has 0 aliphatic carbocycles. The summed E-state index contributed by atoms with van der Waals surface area (Å²) in [6.07, 6.45) is 0. The first-order chi connectivity index (χ1) is 7.75. The van der Waals surface area contributed by atoms with E-state index in [0.29, 0.717) is 16.9 Å². The lowest BCUT2D eigenvalue weighted by Gasteiger charge is -1.88. The average Bonchev–Trinajstić information content (AvgIpc) is 2.84. The number of aromatic nitrogens is 4. The van der Waals surface area contributed by atoms with Gasteiger partial charge < -0.3 is 4.98 Å². The first-order valence-corrected chi connectivity index (χ1v) is 5.46. The fourth-order valence-corrected chi connectivity index (χ4v) is 2.15. The van der Waals surface area contributed by atoms with Gasteiger partial charge in [0.15, 0.2) is 11.6 Å². The first kappa shape index (κ1) is 9.41. The van der Waals surface area contributed by atoms with Crippen LogP contribution in [0.4, 0.5) is 4.39 Å². The number of para-hydroxylation sites is 1. The Morgan fingerprint density at radius 3 is 2.94 bits per heavy atom. The predicted octanol–water partition coefficient (Wildman–Crippen LogP) is 2.53. The zero-order valence-corrected chi connectivity index (χ0v) is 9.18. The molecule has 2 aromatic heterocycles. The van der Waals surface area contributed by atoms with Crippen LogP contribution < -0.4 is 0 Å². The van der Waals surface area contributed by atoms with E-state index in [9.17, 15) is 4.39 Å². The fourth-order valence-electron chi connectivity index (χ4n) is 1.55. The van der Waals surface area contributed by atoms with Crippen molar-refractivity contribution >= 4 is 22.6 Å². The maximum Gasteiger partial charge on any atom is 0.152 e. The van der Waals surface area contributed by atoms with Crippen LogP contribution in [0.5, 0.6) is 0 Å². The molecule has 0 saturated heterocycles. The van der Waals surface area contributed by atoms with Crippen molar-refractivity contribution in [3.05, 3.63) is 29.7 Å². The topological polar surface area (TPSA) is 54.5 Å². The molecule has 0 amide bonds. The summed E-state index contributed by atoms with van der Waals surface area (Å²) in [5.41, 5.74) is 1.83. The van der Waals surface area contributed by atoms with Gasteiger partial charge in [-0.3, -0.25) is 0 Å². The van der Waals surface area contributed by atoms with Gasteiger partial charge in [-0.2, -0.15) is 0 Å². The maximum atomic E-state index is 13.4. The van der Waals surface area contributed by atoms with Gasteiger partial charge >= 0.3 is 0 Å². The Balaban J connectivity index is 2.27. The lowest BCUT2D eigenvalue weighted by atomic mass is 10.3. The van der Waals surface area contributed by atoms with Crippen LogP contribution in [0.3, 0.4) is 0 Å². The minimum Gasteiger partial charge on any atom is -0.337 e. The number of nitrogens with zero attached hydrogens (tertiary/aromatic N) is 3. The molecule has 0 saturated carbocycles. The second-order valence-electron chi connectivity index (χ2n) is 3.41. The molecule has 0 radical (unpaired) electrons. The second-order valence-corrected chi connectivity index (χ2v) is 4.16. The highest BCUT2D eigenvalue weighted by atomic mass is 32.1. The summed E-state index contributed by atoms with van der Waals surface area (Å²) in [6.45, 7) is 1.85. The third kappa shape index (κ3) is 1.30. The van der Waals surface area contributed by atoms with E-state index < -0.39 is 0 Å². The highest BCUT2D eigenvalue weighted by Crippen LogP contribution is 2.26. The number of hydrogen-bond donors (Lipinski definition) is 1. The molecule has 1 aromatic carbocycles. The summed E-state index contributed by atoms with van der Waals surface area (Å²) in [6, 6.07) is 4.83. The van der Waals surface area contributed by atoms with Crippen LogP contribution in [0.15, 0.2) is 18.2 Å². The Kier molecular flexibility index (Phi) is 1.97. The molecule has 3 rings (SSSR count). The number of aryl methyl sites for hydroxylation is 1. The van der Waals surface area contributed by atoms with Crippen LogP contribution in [-0.4, -0.2) is 19.6 Å². The van der Waals surface area contributed by atoms with E-state index in [1.807, 2.05) is 6.92 Å². The SMILES string of the molecule is Cc1nnsc1-c1nc2c(F)cccc2[nH]1. The standard InChI is InChI=1S/C10H7FN4S/c1-5-9(16-15-14-5)10-12-7-4-2-3-6(11)8(7)13-10/h2-4H,1H3,(H,12,13). The van der Waals surface area contributed by atoms with Crippen molar-refractivity contribution in [3.63, 3.8) is 0 Å². The molecule has 0 fully saturated rings. The highest BCUT2D eigenvalue weighted by Gasteiger charge is 2.12. The van der Waals surface area contributed by atoms with E-state index in [4.69, 9.17) is 0 Å². The van der Waals surface area contributed by atoms with Crippen LogP contribution >= 0.6 is 11.5 Å². The smallest absolute Gasteiger partial charge is 0.152 e. The second kappa shape index (κ2) is 3.34. The third-order valence-electron chi connectivity index (χ3n) is 2.33. The van der Waals surface area contributed by atoms with Crippen LogP contribution in [-0.2, 0) is 0 Å². The normalized spacial score (nSPS) is 11.1. The minimum atomic E-state index is -0.324. The molecular formula is C10H7FN4S. The zero-order valence-electron chi connectivity index (χ0n) is 8.36. The van der Waals surface area contributed by atoms with Crippen molar-refractivity contribution in [2.75, 3.05) is 0 Å². The molecule has 0 bridgehead atoms. The fraction of sp³-hybridized carbons (Fsp3) is 0.100. The quantitative estimate of drug-likeness (QED) is 0.704. The molecular weight excluding hydrogens is 227 g/mol. The third-order valence-corrected chi connectivity index (χ3v) is 3.16. The number of halogens is 1. The Hall–Kier alpha value is -1.82. The van der Waals surface area contributed by atoms with Crippen molar-refractivity contribution in [1.82, 2.24) is 19.6 Å². The average molecular weight is 234 g/mol. The molecule has 0 aliphatic heterocycles. The van der Waals surface area contributed by atoms with Crippen molar-refractivity contribution < 1.29 is 4.39 Å². The van der Waals surface area contributed by atoms with Crippen LogP contribution in [0, 0.1) is 12.7 Å². The molecule has 0 unspecified atom stereocenters. The molecule has 16 heavy (non-hydrogen) atoms. The molecule has 0 atom stereocenters. The van der Waals surface area contributed by atoms with Crippen LogP contribution in [0.1, 0.15) is 5.69 Å². The lowest BCUT2D eigenvalue weighted by molar-refractivity contribution is 0.637. The van der Waals surface area contributed by atoms with E-state index >= 15 is 0 Å². The summed E-state index contributed by atoms with van der Waals surface area (Å²) in [5.74, 6) is 0.294. The molecule has 1 N–H and O–H groups in total. The Morgan fingerprint density at radius 1 is 1.38 bits per heavy atom. The Labute approximate surface area is 94.3 Å². The summed E-state index contributed by atoms with van der Waals surface area (Å²) < 4.78 is 17.3. The van der Waals surface area contributed by atoms with E-state index in [2.05, 4.69) is 19.6 Å². The number of fused-ring (bicyclic) bond motifs is 1. The van der Waals surface area contributed by atoms with Crippen LogP contribution in [0.25, 0.3) is 21.7 Å². The van der Waals surface area contributed by atoms with Gasteiger partial charge in [0.25, 0.3) is 0 Å². The molecule has 0 spiro atoms. The molecule has 2 heterocycles. The van der Waals surface area contributed by atoms with E-state index in [1.54, 1.807) is 12.1 Å². The first-order valence-electron chi connectivity index (χ1n) is 4.69. The van der Waals surface area contributed by atoms with Crippen LogP contribution in [0.2, 0.25) is 0 Å². The molecule has 0 aliphatic rings. The van der Waals surface area contributed by atoms with E-state index in [0.717, 1.165) is 10.6 Å². The van der Waals surface area contributed by atoms with Gasteiger partial charge in [-0.25, -0.2) is 9.37 Å². The monoisotopic (exact) mass is 234 g/mol. The van der Waals surface area contributed by atoms with Gasteiger partial charge in [0.2, 0.25) is 0 Å². The summed E-state index contributed by atoms with van der Waals surface area (Å²) in [5, 5.41) is 3.90. The van der Waals surface area contributed by atoms with Crippen molar-refractivity contribution in [1.29, 1.82) is 0 Å². The summed E-state index contributed by atoms with van der Waals surface area (Å²) in [4.78, 5) is 8.12. The van der Waals surface area contributed by atoms with Gasteiger partial charge in [0, 0.05) is 0 Å². The number of aromatic amines is 1. The molecule has 4 nitrogen and oxygen atoms in total. The number of imidazole rings is 1. The van der Waals surface area contributed by atoms with Crippen molar-refractivity contribution in [2.45, 2.75) is 6.92 Å². The summed E-state index contributed by atoms with van der Waals surface area (Å²) >= 11 is 1.25. The number of nitrogens with one attached hydrogen (secondary N) is 1. The number of hydrogen-bond acceptors (Lipinski definition) is 4. The molecule has 3 aromatic rings. The Morgan fingerprint density at radius 2 is 2.25 bits per heavy atom. The highest BCUT2D eigenvalue weighted by molar-refractivity contribution is 7.09. The van der Waals surface area contributed by atoms with Crippen molar-refractivity contribution in [3.8, 4) is 10.7 Å². The maximum absolute atomic E-state index is 13.4. The summed E-state index contributed by atoms with van der Waals surface area (Å²) in [7, 11) is 0. The number of H-pyrrole nitrogens is 1. The van der Waals surface area contributed by atoms with Gasteiger partial charge in [-0.05, 0) is 30.6 Å². The Bertz CT molecular complexity index is 658. The lowest BCUT2D eigenvalue weighted by Crippen LogP contribution is -1.80. The van der Waals surface area contributed by atoms with E-state index in [-0.39, 0.29) is 5.82 Å². The van der Waals surface area contributed by atoms with Crippen molar-refractivity contribution in [2.24, 2.45) is 0 Å². The predicted molar refractivity (Wildman–Crippen MR) is 59.7 cm³/mol. The number of rotatable bonds is 1. The number of benzene rings is 1. The van der Waals surface area contributed by atoms with E-state index in [1.165, 1.54) is 17.6 Å². The van der Waals surface area contributed by atoms with Gasteiger partial charge in [0.05, 0.1) is 11.2 Å². The van der Waals surface area contributed by atoms with Gasteiger partial charge in [-0.1, -0.05) is 10.6 Å². The largest absolute Gasteiger partial charge is 0.337 e. The minimum absolute atomic E-state index is 0.324. The molecule has 80 valence electrons.